The molecule has 0 saturated heterocycles. The average molecular weight is 1180 g/mol. The van der Waals surface area contributed by atoms with Gasteiger partial charge in [-0.3, -0.25) is 18.1 Å². The molecule has 0 amide bonds. The molecule has 458 valence electrons. The van der Waals surface area contributed by atoms with Gasteiger partial charge in [-0.2, -0.15) is 0 Å². The lowest BCUT2D eigenvalue weighted by Gasteiger charge is -2.33. The highest BCUT2D eigenvalue weighted by Crippen LogP contribution is 2.51. The third kappa shape index (κ3) is 41.4. The van der Waals surface area contributed by atoms with Gasteiger partial charge in [0.2, 0.25) is 0 Å². The number of rotatable bonds is 23. The van der Waals surface area contributed by atoms with Crippen LogP contribution >= 0.6 is 33.8 Å². The Bertz CT molecular complexity index is 2050. The summed E-state index contributed by atoms with van der Waals surface area (Å²) in [6, 6.07) is 24.1. The van der Waals surface area contributed by atoms with Crippen molar-refractivity contribution in [2.24, 2.45) is 16.2 Å². The first kappa shape index (κ1) is 88.5. The molecule has 3 aromatic carbocycles. The van der Waals surface area contributed by atoms with Crippen LogP contribution in [0.15, 0.2) is 72.8 Å². The molecule has 77 heavy (non-hydrogen) atoms. The van der Waals surface area contributed by atoms with Crippen molar-refractivity contribution in [3.05, 3.63) is 89.5 Å². The second kappa shape index (κ2) is 39.2. The number of halogens is 1. The van der Waals surface area contributed by atoms with Crippen molar-refractivity contribution in [3.8, 4) is 17.2 Å². The maximum absolute atomic E-state index is 11.7. The van der Waals surface area contributed by atoms with E-state index < -0.39 is 22.6 Å². The minimum Gasteiger partial charge on any atom is -0.491 e. The van der Waals surface area contributed by atoms with Crippen molar-refractivity contribution in [2.45, 2.75) is 184 Å². The molecule has 0 unspecified atom stereocenters. The number of benzene rings is 3. The van der Waals surface area contributed by atoms with E-state index in [0.717, 1.165) is 30.8 Å². The molecule has 0 radical (unpaired) electrons. The predicted octanol–water partition coefficient (Wildman–Crippen LogP) is 18.3. The molecule has 0 aliphatic rings. The summed E-state index contributed by atoms with van der Waals surface area (Å²) in [5.74, 6) is 2.22. The summed E-state index contributed by atoms with van der Waals surface area (Å²) >= 11 is 5.02. The van der Waals surface area contributed by atoms with Crippen LogP contribution in [0.2, 0.25) is 0 Å². The molecule has 3 rings (SSSR count). The van der Waals surface area contributed by atoms with Gasteiger partial charge in [0.15, 0.2) is 0 Å². The zero-order valence-electron chi connectivity index (χ0n) is 46.3. The van der Waals surface area contributed by atoms with E-state index in [9.17, 15) is 13.7 Å². The lowest BCUT2D eigenvalue weighted by Crippen LogP contribution is -2.24. The third-order valence-electron chi connectivity index (χ3n) is 10.3. The number of aliphatic hydroxyl groups is 1. The Balaban J connectivity index is -0.000000174. The van der Waals surface area contributed by atoms with Gasteiger partial charge in [0.25, 0.3) is 0 Å². The zero-order chi connectivity index (χ0) is 55.2. The van der Waals surface area contributed by atoms with Gasteiger partial charge in [0.1, 0.15) is 37.1 Å². The van der Waals surface area contributed by atoms with Gasteiger partial charge < -0.3 is 38.2 Å². The molecular formula is C58H114ClO15P3. The molecule has 0 aliphatic heterocycles. The Hall–Kier alpha value is -2.32. The summed E-state index contributed by atoms with van der Waals surface area (Å²) in [4.78, 5) is 17.1. The van der Waals surface area contributed by atoms with Crippen LogP contribution in [-0.2, 0) is 57.1 Å². The molecule has 0 heterocycles. The first-order valence-corrected chi connectivity index (χ1v) is 29.0. The number of hydrogen-bond acceptors (Lipinski definition) is 13. The van der Waals surface area contributed by atoms with E-state index in [0.29, 0.717) is 17.8 Å². The highest BCUT2D eigenvalue weighted by atomic mass is 35.7. The summed E-state index contributed by atoms with van der Waals surface area (Å²) in [5, 5.41) is 8.71. The normalized spacial score (nSPS) is 11.9. The van der Waals surface area contributed by atoms with Crippen LogP contribution in [0.1, 0.15) is 184 Å². The Morgan fingerprint density at radius 3 is 0.844 bits per heavy atom. The SMILES string of the molecule is C.C.C.C.C.C.CC(C)(C)CC(C)(C)c1ccc(OCCO)cc1.CC(C)(C)CC(C)(C)c1ccc(OCCOP(=O)(O)O)cc1.COP(=O)(Cl)OC.COP(=O)(OC)OCCOc1ccc(C(C)(C)CC(C)(C)C)cc1. The molecular weight excluding hydrogens is 1060 g/mol. The van der Waals surface area contributed by atoms with E-state index in [1.807, 2.05) is 48.5 Å². The van der Waals surface area contributed by atoms with Crippen molar-refractivity contribution in [1.29, 1.82) is 0 Å². The second-order valence-electron chi connectivity index (χ2n) is 22.5. The van der Waals surface area contributed by atoms with Crippen LogP contribution in [-0.4, -0.2) is 83.0 Å². The standard InChI is InChI=1S/C18H31O5P.C16H27O5P.C16H26O2.C2H6ClO3P.6CH4/c1-17(2,3)14-18(4,5)15-8-10-16(11-9-15)22-12-13-23-24(19,20-6)21-7;1-15(2,3)12-16(4,5)13-6-8-14(9-7-13)20-10-11-21-22(17,18)19;1-15(2,3)12-16(4,5)13-6-8-14(9-7-13)18-11-10-17;1-5-7(3,4)6-2;;;;;;/h8-11H,12-14H2,1-7H3;6-9H,10-12H2,1-5H3,(H2,17,18,19);6-9,17H,10-12H2,1-5H3;1-2H3;6*1H4. The predicted molar refractivity (Wildman–Crippen MR) is 328 cm³/mol. The van der Waals surface area contributed by atoms with Gasteiger partial charge in [-0.05, 0) is 105 Å². The van der Waals surface area contributed by atoms with E-state index in [1.54, 1.807) is 0 Å². The molecule has 15 nitrogen and oxygen atoms in total. The quantitative estimate of drug-likeness (QED) is 0.0599. The molecule has 3 N–H and O–H groups in total. The van der Waals surface area contributed by atoms with Crippen molar-refractivity contribution in [3.63, 3.8) is 0 Å². The highest BCUT2D eigenvalue weighted by molar-refractivity contribution is 7.81. The second-order valence-corrected chi connectivity index (χ2v) is 28.4. The Morgan fingerprint density at radius 1 is 0.403 bits per heavy atom. The van der Waals surface area contributed by atoms with Crippen molar-refractivity contribution < 1.29 is 69.9 Å². The Labute approximate surface area is 476 Å². The maximum Gasteiger partial charge on any atom is 0.474 e. The smallest absolute Gasteiger partial charge is 0.474 e. The number of aliphatic hydroxyl groups excluding tert-OH is 1. The third-order valence-corrected chi connectivity index (χ3v) is 13.9. The fraction of sp³-hybridized carbons (Fsp3) is 0.690. The minimum atomic E-state index is -4.42. The van der Waals surface area contributed by atoms with Gasteiger partial charge >= 0.3 is 22.6 Å². The topological polar surface area (TPSA) is 195 Å². The summed E-state index contributed by atoms with van der Waals surface area (Å²) < 4.78 is 76.0. The molecule has 19 heteroatoms. The number of phosphoric ester groups is 2. The molecule has 0 fully saturated rings. The van der Waals surface area contributed by atoms with E-state index >= 15 is 0 Å². The van der Waals surface area contributed by atoms with Crippen LogP contribution < -0.4 is 14.2 Å². The van der Waals surface area contributed by atoms with E-state index in [1.165, 1.54) is 45.1 Å². The first-order valence-electron chi connectivity index (χ1n) is 23.6. The van der Waals surface area contributed by atoms with Gasteiger partial charge in [0.05, 0.1) is 19.8 Å². The fourth-order valence-corrected chi connectivity index (χ4v) is 9.45. The van der Waals surface area contributed by atoms with Crippen LogP contribution in [0, 0.1) is 16.2 Å². The summed E-state index contributed by atoms with van der Waals surface area (Å²) in [7, 11) is -2.85. The molecule has 0 aromatic heterocycles. The van der Waals surface area contributed by atoms with E-state index in [4.69, 9.17) is 44.9 Å². The van der Waals surface area contributed by atoms with Gasteiger partial charge in [-0.15, -0.1) is 0 Å². The number of ether oxygens (including phenoxy) is 3. The fourth-order valence-electron chi connectivity index (χ4n) is 8.33. The minimum absolute atomic E-state index is 0. The largest absolute Gasteiger partial charge is 0.491 e. The van der Waals surface area contributed by atoms with Gasteiger partial charge in [-0.25, -0.2) is 13.7 Å². The van der Waals surface area contributed by atoms with Gasteiger partial charge in [-0.1, -0.05) is 185 Å². The van der Waals surface area contributed by atoms with Crippen LogP contribution in [0.4, 0.5) is 0 Å². The molecule has 0 saturated carbocycles. The molecule has 0 aliphatic carbocycles. The highest BCUT2D eigenvalue weighted by Gasteiger charge is 2.30. The Kier molecular flexibility index (Phi) is 45.0. The summed E-state index contributed by atoms with van der Waals surface area (Å²) in [6.07, 6.45) is 3.30. The van der Waals surface area contributed by atoms with Crippen LogP contribution in [0.5, 0.6) is 17.2 Å². The molecule has 0 spiro atoms. The molecule has 0 atom stereocenters. The van der Waals surface area contributed by atoms with E-state index in [-0.39, 0.29) is 105 Å². The van der Waals surface area contributed by atoms with Gasteiger partial charge in [0, 0.05) is 39.7 Å². The molecule has 3 aromatic rings. The number of hydrogen-bond donors (Lipinski definition) is 3. The lowest BCUT2D eigenvalue weighted by molar-refractivity contribution is 0.130. The van der Waals surface area contributed by atoms with E-state index in [2.05, 4.69) is 151 Å². The van der Waals surface area contributed by atoms with Crippen LogP contribution in [0.25, 0.3) is 0 Å². The average Bonchev–Trinajstić information content (AvgIpc) is 3.24. The van der Waals surface area contributed by atoms with Crippen LogP contribution in [0.3, 0.4) is 0 Å². The molecule has 0 bridgehead atoms. The first-order chi connectivity index (χ1) is 32.3. The monoisotopic (exact) mass is 1180 g/mol. The maximum atomic E-state index is 11.7. The number of phosphoric acid groups is 2. The Morgan fingerprint density at radius 2 is 0.649 bits per heavy atom. The summed E-state index contributed by atoms with van der Waals surface area (Å²) in [5.41, 5.74) is 5.01. The van der Waals surface area contributed by atoms with Crippen molar-refractivity contribution >= 4 is 33.8 Å². The van der Waals surface area contributed by atoms with Crippen molar-refractivity contribution in [2.75, 3.05) is 68.1 Å². The summed E-state index contributed by atoms with van der Waals surface area (Å²) in [6.45, 7) is 31.3. The van der Waals surface area contributed by atoms with Crippen molar-refractivity contribution in [1.82, 2.24) is 0 Å². The zero-order valence-corrected chi connectivity index (χ0v) is 49.7. The lowest BCUT2D eigenvalue weighted by atomic mass is 9.72.